The van der Waals surface area contributed by atoms with Gasteiger partial charge in [0.25, 0.3) is 0 Å². The Kier molecular flexibility index (Phi) is 6.34. The number of nitrogens with zero attached hydrogens (tertiary/aromatic N) is 2. The van der Waals surface area contributed by atoms with Crippen molar-refractivity contribution in [3.8, 4) is 0 Å². The van der Waals surface area contributed by atoms with E-state index in [1.807, 2.05) is 26.1 Å². The first kappa shape index (κ1) is 18.1. The van der Waals surface area contributed by atoms with Crippen LogP contribution in [0.25, 0.3) is 0 Å². The number of sulfonamides is 1. The molecule has 2 N–H and O–H groups in total. The Labute approximate surface area is 143 Å². The minimum Gasteiger partial charge on any atom is -0.363 e. The first-order chi connectivity index (χ1) is 10.9. The zero-order valence-corrected chi connectivity index (χ0v) is 15.2. The third kappa shape index (κ3) is 4.87. The van der Waals surface area contributed by atoms with Crippen LogP contribution < -0.4 is 10.6 Å². The van der Waals surface area contributed by atoms with Gasteiger partial charge in [0.15, 0.2) is 5.11 Å². The van der Waals surface area contributed by atoms with Crippen molar-refractivity contribution in [1.82, 2.24) is 19.8 Å². The smallest absolute Gasteiger partial charge is 0.243 e. The maximum Gasteiger partial charge on any atom is 0.243 e. The predicted octanol–water partition coefficient (Wildman–Crippen LogP) is 0.607. The lowest BCUT2D eigenvalue weighted by molar-refractivity contribution is 0.222. The molecule has 1 heterocycles. The normalized spacial score (nSPS) is 17.0. The van der Waals surface area contributed by atoms with Crippen molar-refractivity contribution in [2.24, 2.45) is 0 Å². The van der Waals surface area contributed by atoms with E-state index in [9.17, 15) is 8.42 Å². The number of hydrogen-bond donors (Lipinski definition) is 2. The zero-order chi connectivity index (χ0) is 16.9. The van der Waals surface area contributed by atoms with E-state index in [0.29, 0.717) is 29.6 Å². The number of rotatable bonds is 5. The molecule has 128 valence electrons. The first-order valence-corrected chi connectivity index (χ1v) is 9.57. The van der Waals surface area contributed by atoms with Crippen LogP contribution in [0.3, 0.4) is 0 Å². The van der Waals surface area contributed by atoms with Crippen molar-refractivity contribution in [3.05, 3.63) is 29.8 Å². The Morgan fingerprint density at radius 3 is 2.30 bits per heavy atom. The summed E-state index contributed by atoms with van der Waals surface area (Å²) in [5.41, 5.74) is 0.989. The summed E-state index contributed by atoms with van der Waals surface area (Å²) in [6.45, 7) is 5.94. The van der Waals surface area contributed by atoms with Crippen LogP contribution >= 0.6 is 12.2 Å². The van der Waals surface area contributed by atoms with E-state index in [2.05, 4.69) is 15.5 Å². The fourth-order valence-corrected chi connectivity index (χ4v) is 4.00. The molecular formula is C15H24N4O2S2. The highest BCUT2D eigenvalue weighted by atomic mass is 32.2. The molecule has 0 radical (unpaired) electrons. The summed E-state index contributed by atoms with van der Waals surface area (Å²) >= 11 is 5.10. The van der Waals surface area contributed by atoms with Gasteiger partial charge in [-0.25, -0.2) is 8.42 Å². The van der Waals surface area contributed by atoms with Gasteiger partial charge in [0.05, 0.1) is 4.90 Å². The zero-order valence-electron chi connectivity index (χ0n) is 13.6. The van der Waals surface area contributed by atoms with Crippen LogP contribution in [-0.4, -0.2) is 62.5 Å². The fraction of sp³-hybridized carbons (Fsp3) is 0.533. The molecule has 2 rings (SSSR count). The number of likely N-dealkylation sites (N-methyl/N-ethyl adjacent to an activating group) is 1. The molecule has 1 fully saturated rings. The lowest BCUT2D eigenvalue weighted by Crippen LogP contribution is -2.47. The number of nitrogens with one attached hydrogen (secondary N) is 2. The summed E-state index contributed by atoms with van der Waals surface area (Å²) in [6, 6.07) is 6.98. The Bertz CT molecular complexity index is 623. The topological polar surface area (TPSA) is 64.7 Å². The van der Waals surface area contributed by atoms with Crippen LogP contribution in [0.2, 0.25) is 0 Å². The number of thiocarbonyl (C=S) groups is 1. The van der Waals surface area contributed by atoms with E-state index in [1.165, 1.54) is 0 Å². The molecule has 0 bridgehead atoms. The molecule has 23 heavy (non-hydrogen) atoms. The van der Waals surface area contributed by atoms with Gasteiger partial charge >= 0.3 is 0 Å². The molecule has 0 amide bonds. The van der Waals surface area contributed by atoms with E-state index in [1.54, 1.807) is 16.4 Å². The van der Waals surface area contributed by atoms with Crippen molar-refractivity contribution >= 4 is 27.4 Å². The van der Waals surface area contributed by atoms with Crippen LogP contribution in [-0.2, 0) is 16.6 Å². The van der Waals surface area contributed by atoms with Crippen LogP contribution in [0.15, 0.2) is 29.2 Å². The third-order valence-corrected chi connectivity index (χ3v) is 6.02. The molecule has 1 aromatic carbocycles. The molecular weight excluding hydrogens is 332 g/mol. The molecule has 1 aliphatic rings. The van der Waals surface area contributed by atoms with Crippen LogP contribution in [0.1, 0.15) is 12.5 Å². The summed E-state index contributed by atoms with van der Waals surface area (Å²) < 4.78 is 26.8. The highest BCUT2D eigenvalue weighted by Crippen LogP contribution is 2.18. The van der Waals surface area contributed by atoms with Gasteiger partial charge in [-0.2, -0.15) is 4.31 Å². The fourth-order valence-electron chi connectivity index (χ4n) is 2.36. The molecule has 0 spiro atoms. The highest BCUT2D eigenvalue weighted by molar-refractivity contribution is 7.89. The van der Waals surface area contributed by atoms with E-state index in [-0.39, 0.29) is 0 Å². The summed E-state index contributed by atoms with van der Waals surface area (Å²) in [5.74, 6) is 0. The molecule has 1 aliphatic heterocycles. The van der Waals surface area contributed by atoms with Gasteiger partial charge in [-0.1, -0.05) is 12.1 Å². The average Bonchev–Trinajstić information content (AvgIpc) is 2.54. The Balaban J connectivity index is 1.99. The standard InChI is InChI=1S/C15H24N4O2S2/c1-3-16-15(22)17-12-13-4-6-14(7-5-13)23(20,21)19-10-8-18(2)9-11-19/h4-7H,3,8-12H2,1-2H3,(H2,16,17,22). The largest absolute Gasteiger partial charge is 0.363 e. The SMILES string of the molecule is CCNC(=S)NCc1ccc(S(=O)(=O)N2CCN(C)CC2)cc1. The van der Waals surface area contributed by atoms with Gasteiger partial charge < -0.3 is 15.5 Å². The number of piperazine rings is 1. The quantitative estimate of drug-likeness (QED) is 0.754. The minimum absolute atomic E-state index is 0.347. The maximum atomic E-state index is 12.6. The lowest BCUT2D eigenvalue weighted by atomic mass is 10.2. The summed E-state index contributed by atoms with van der Waals surface area (Å²) in [5, 5.41) is 6.69. The van der Waals surface area contributed by atoms with E-state index >= 15 is 0 Å². The molecule has 0 aromatic heterocycles. The number of benzene rings is 1. The van der Waals surface area contributed by atoms with Gasteiger partial charge in [-0.15, -0.1) is 0 Å². The molecule has 0 atom stereocenters. The second-order valence-corrected chi connectivity index (χ2v) is 7.91. The molecule has 0 aliphatic carbocycles. The Morgan fingerprint density at radius 1 is 1.13 bits per heavy atom. The number of hydrogen-bond acceptors (Lipinski definition) is 4. The van der Waals surface area contributed by atoms with E-state index < -0.39 is 10.0 Å². The predicted molar refractivity (Wildman–Crippen MR) is 95.8 cm³/mol. The maximum absolute atomic E-state index is 12.6. The molecule has 1 saturated heterocycles. The van der Waals surface area contributed by atoms with E-state index in [0.717, 1.165) is 25.2 Å². The van der Waals surface area contributed by atoms with Gasteiger partial charge in [0.2, 0.25) is 10.0 Å². The second kappa shape index (κ2) is 8.05. The van der Waals surface area contributed by atoms with Crippen molar-refractivity contribution in [3.63, 3.8) is 0 Å². The summed E-state index contributed by atoms with van der Waals surface area (Å²) in [6.07, 6.45) is 0. The molecule has 0 saturated carbocycles. The van der Waals surface area contributed by atoms with Crippen LogP contribution in [0.4, 0.5) is 0 Å². The van der Waals surface area contributed by atoms with Gasteiger partial charge in [0, 0.05) is 39.3 Å². The lowest BCUT2D eigenvalue weighted by Gasteiger charge is -2.31. The van der Waals surface area contributed by atoms with Crippen molar-refractivity contribution in [2.75, 3.05) is 39.8 Å². The molecule has 1 aromatic rings. The van der Waals surface area contributed by atoms with Crippen LogP contribution in [0, 0.1) is 0 Å². The van der Waals surface area contributed by atoms with Gasteiger partial charge in [0.1, 0.15) is 0 Å². The van der Waals surface area contributed by atoms with Crippen molar-refractivity contribution in [1.29, 1.82) is 0 Å². The average molecular weight is 357 g/mol. The van der Waals surface area contributed by atoms with Crippen molar-refractivity contribution < 1.29 is 8.42 Å². The second-order valence-electron chi connectivity index (χ2n) is 5.56. The van der Waals surface area contributed by atoms with Crippen LogP contribution in [0.5, 0.6) is 0 Å². The molecule has 0 unspecified atom stereocenters. The van der Waals surface area contributed by atoms with E-state index in [4.69, 9.17) is 12.2 Å². The van der Waals surface area contributed by atoms with Gasteiger partial charge in [-0.05, 0) is 43.9 Å². The summed E-state index contributed by atoms with van der Waals surface area (Å²) in [4.78, 5) is 2.48. The minimum atomic E-state index is -3.39. The molecule has 6 nitrogen and oxygen atoms in total. The Hall–Kier alpha value is -1.22. The first-order valence-electron chi connectivity index (χ1n) is 7.73. The van der Waals surface area contributed by atoms with Gasteiger partial charge in [-0.3, -0.25) is 0 Å². The highest BCUT2D eigenvalue weighted by Gasteiger charge is 2.27. The van der Waals surface area contributed by atoms with Crippen molar-refractivity contribution in [2.45, 2.75) is 18.4 Å². The summed E-state index contributed by atoms with van der Waals surface area (Å²) in [7, 11) is -1.39. The Morgan fingerprint density at radius 2 is 1.74 bits per heavy atom. The monoisotopic (exact) mass is 356 g/mol. The molecule has 8 heteroatoms. The third-order valence-electron chi connectivity index (χ3n) is 3.81.